The minimum absolute atomic E-state index is 0.0234. The molecule has 2 aliphatic heterocycles. The third-order valence-electron chi connectivity index (χ3n) is 4.76. The van der Waals surface area contributed by atoms with E-state index in [1.165, 1.54) is 12.1 Å². The molecule has 26 heavy (non-hydrogen) atoms. The number of urea groups is 1. The van der Waals surface area contributed by atoms with Crippen LogP contribution in [0.1, 0.15) is 18.4 Å². The van der Waals surface area contributed by atoms with E-state index in [0.29, 0.717) is 0 Å². The van der Waals surface area contributed by atoms with Crippen LogP contribution >= 0.6 is 0 Å². The fraction of sp³-hybridized carbons (Fsp3) is 0.611. The molecule has 8 heteroatoms. The summed E-state index contributed by atoms with van der Waals surface area (Å²) in [6, 6.07) is 5.96. The molecule has 2 amide bonds. The maximum atomic E-state index is 13.6. The number of halogens is 3. The van der Waals surface area contributed by atoms with Gasteiger partial charge >= 0.3 is 6.03 Å². The average molecular weight is 371 g/mol. The van der Waals surface area contributed by atoms with Gasteiger partial charge in [-0.2, -0.15) is 0 Å². The molecule has 3 rings (SSSR count). The van der Waals surface area contributed by atoms with Gasteiger partial charge in [-0.1, -0.05) is 12.1 Å². The van der Waals surface area contributed by atoms with Gasteiger partial charge < -0.3 is 15.0 Å². The number of nitrogens with one attached hydrogen (secondary N) is 1. The number of piperidine rings is 1. The number of hydrogen-bond acceptors (Lipinski definition) is 3. The first-order valence-corrected chi connectivity index (χ1v) is 8.89. The molecule has 5 nitrogen and oxygen atoms in total. The van der Waals surface area contributed by atoms with Gasteiger partial charge in [0.2, 0.25) is 0 Å². The summed E-state index contributed by atoms with van der Waals surface area (Å²) in [6.45, 7) is 1.37. The van der Waals surface area contributed by atoms with Gasteiger partial charge in [-0.05, 0) is 30.5 Å². The highest BCUT2D eigenvalue weighted by atomic mass is 19.3. The Hall–Kier alpha value is -1.80. The number of carbonyl (C=O) groups is 1. The first kappa shape index (κ1) is 19.0. The lowest BCUT2D eigenvalue weighted by atomic mass is 10.0. The Balaban J connectivity index is 1.44. The lowest BCUT2D eigenvalue weighted by molar-refractivity contribution is -0.0653. The SMILES string of the molecule is O=C(NC1CCN(Cc2ccc(F)cc2)CC1)N1CCOCC(F)(F)C1. The molecule has 2 heterocycles. The standard InChI is InChI=1S/C18H24F3N3O2/c19-15-3-1-14(2-4-15)11-23-7-5-16(6-8-23)22-17(25)24-9-10-26-13-18(20,21)12-24/h1-4,16H,5-13H2,(H,22,25). The number of nitrogens with zero attached hydrogens (tertiary/aromatic N) is 2. The zero-order chi connectivity index (χ0) is 18.6. The molecule has 2 saturated heterocycles. The van der Waals surface area contributed by atoms with Crippen molar-refractivity contribution in [1.82, 2.24) is 15.1 Å². The van der Waals surface area contributed by atoms with Crippen molar-refractivity contribution in [2.24, 2.45) is 0 Å². The first-order valence-electron chi connectivity index (χ1n) is 8.89. The molecule has 0 spiro atoms. The van der Waals surface area contributed by atoms with Crippen LogP contribution in [0, 0.1) is 5.82 Å². The highest BCUT2D eigenvalue weighted by Gasteiger charge is 2.36. The summed E-state index contributed by atoms with van der Waals surface area (Å²) in [5.74, 6) is -3.26. The number of amides is 2. The molecule has 2 aliphatic rings. The fourth-order valence-electron chi connectivity index (χ4n) is 3.32. The van der Waals surface area contributed by atoms with Crippen LogP contribution in [0.25, 0.3) is 0 Å². The molecule has 0 unspecified atom stereocenters. The average Bonchev–Trinajstić information content (AvgIpc) is 2.79. The number of hydrogen-bond donors (Lipinski definition) is 1. The molecular formula is C18H24F3N3O2. The van der Waals surface area contributed by atoms with E-state index in [0.717, 1.165) is 42.9 Å². The molecule has 0 aromatic heterocycles. The maximum Gasteiger partial charge on any atom is 0.317 e. The Morgan fingerprint density at radius 3 is 2.58 bits per heavy atom. The van der Waals surface area contributed by atoms with Gasteiger partial charge in [0.1, 0.15) is 12.4 Å². The molecule has 0 aliphatic carbocycles. The Morgan fingerprint density at radius 1 is 1.19 bits per heavy atom. The molecule has 0 saturated carbocycles. The predicted octanol–water partition coefficient (Wildman–Crippen LogP) is 2.47. The fourth-order valence-corrected chi connectivity index (χ4v) is 3.32. The lowest BCUT2D eigenvalue weighted by Crippen LogP contribution is -2.51. The van der Waals surface area contributed by atoms with E-state index in [9.17, 15) is 18.0 Å². The van der Waals surface area contributed by atoms with Gasteiger partial charge in [-0.15, -0.1) is 0 Å². The number of ether oxygens (including phenoxy) is 1. The van der Waals surface area contributed by atoms with Crippen LogP contribution in [0.3, 0.4) is 0 Å². The van der Waals surface area contributed by atoms with Gasteiger partial charge in [-0.25, -0.2) is 18.0 Å². The number of rotatable bonds is 3. The summed E-state index contributed by atoms with van der Waals surface area (Å²) < 4.78 is 44.9. The summed E-state index contributed by atoms with van der Waals surface area (Å²) >= 11 is 0. The van der Waals surface area contributed by atoms with Crippen LogP contribution in [0.4, 0.5) is 18.0 Å². The molecule has 1 aromatic carbocycles. The van der Waals surface area contributed by atoms with Crippen molar-refractivity contribution in [2.45, 2.75) is 31.4 Å². The quantitative estimate of drug-likeness (QED) is 0.888. The minimum Gasteiger partial charge on any atom is -0.373 e. The van der Waals surface area contributed by atoms with E-state index in [1.54, 1.807) is 12.1 Å². The second-order valence-electron chi connectivity index (χ2n) is 6.96. The van der Waals surface area contributed by atoms with E-state index >= 15 is 0 Å². The highest BCUT2D eigenvalue weighted by Crippen LogP contribution is 2.19. The van der Waals surface area contributed by atoms with Crippen LogP contribution in [0.15, 0.2) is 24.3 Å². The Labute approximate surface area is 151 Å². The molecule has 0 atom stereocenters. The molecule has 0 radical (unpaired) electrons. The second-order valence-corrected chi connectivity index (χ2v) is 6.96. The molecule has 1 N–H and O–H groups in total. The number of alkyl halides is 2. The van der Waals surface area contributed by atoms with E-state index in [1.807, 2.05) is 0 Å². The largest absolute Gasteiger partial charge is 0.373 e. The molecule has 144 valence electrons. The van der Waals surface area contributed by atoms with Crippen molar-refractivity contribution in [1.29, 1.82) is 0 Å². The van der Waals surface area contributed by atoms with E-state index in [4.69, 9.17) is 4.74 Å². The second kappa shape index (κ2) is 8.26. The number of likely N-dealkylation sites (tertiary alicyclic amines) is 1. The predicted molar refractivity (Wildman–Crippen MR) is 90.6 cm³/mol. The Kier molecular flexibility index (Phi) is 6.03. The molecule has 0 bridgehead atoms. The molecular weight excluding hydrogens is 347 g/mol. The van der Waals surface area contributed by atoms with Crippen LogP contribution in [0.2, 0.25) is 0 Å². The van der Waals surface area contributed by atoms with Gasteiger partial charge in [0.05, 0.1) is 13.2 Å². The highest BCUT2D eigenvalue weighted by molar-refractivity contribution is 5.74. The zero-order valence-corrected chi connectivity index (χ0v) is 14.6. The summed E-state index contributed by atoms with van der Waals surface area (Å²) in [6.07, 6.45) is 1.52. The summed E-state index contributed by atoms with van der Waals surface area (Å²) in [5, 5.41) is 2.87. The summed E-state index contributed by atoms with van der Waals surface area (Å²) in [5.41, 5.74) is 1.04. The van der Waals surface area contributed by atoms with Crippen LogP contribution < -0.4 is 5.32 Å². The van der Waals surface area contributed by atoms with Gasteiger partial charge in [0.25, 0.3) is 5.92 Å². The number of benzene rings is 1. The van der Waals surface area contributed by atoms with Gasteiger partial charge in [0.15, 0.2) is 0 Å². The topological polar surface area (TPSA) is 44.8 Å². The Bertz CT molecular complexity index is 604. The van der Waals surface area contributed by atoms with Crippen molar-refractivity contribution in [3.63, 3.8) is 0 Å². The monoisotopic (exact) mass is 371 g/mol. The van der Waals surface area contributed by atoms with E-state index in [2.05, 4.69) is 10.2 Å². The summed E-state index contributed by atoms with van der Waals surface area (Å²) in [4.78, 5) is 15.7. The van der Waals surface area contributed by atoms with Crippen LogP contribution in [-0.4, -0.2) is 67.2 Å². The zero-order valence-electron chi connectivity index (χ0n) is 14.6. The van der Waals surface area contributed by atoms with Crippen molar-refractivity contribution < 1.29 is 22.7 Å². The maximum absolute atomic E-state index is 13.6. The van der Waals surface area contributed by atoms with E-state index in [-0.39, 0.29) is 25.0 Å². The van der Waals surface area contributed by atoms with Gasteiger partial charge in [0, 0.05) is 32.2 Å². The normalized spacial score (nSPS) is 22.0. The first-order chi connectivity index (χ1) is 12.4. The third-order valence-corrected chi connectivity index (χ3v) is 4.76. The molecule has 2 fully saturated rings. The van der Waals surface area contributed by atoms with Crippen LogP contribution in [-0.2, 0) is 11.3 Å². The Morgan fingerprint density at radius 2 is 1.88 bits per heavy atom. The lowest BCUT2D eigenvalue weighted by Gasteiger charge is -2.34. The van der Waals surface area contributed by atoms with Gasteiger partial charge in [-0.3, -0.25) is 4.90 Å². The summed E-state index contributed by atoms with van der Waals surface area (Å²) in [7, 11) is 0. The smallest absolute Gasteiger partial charge is 0.317 e. The van der Waals surface area contributed by atoms with Crippen molar-refractivity contribution in [2.75, 3.05) is 39.4 Å². The molecule has 1 aromatic rings. The van der Waals surface area contributed by atoms with E-state index < -0.39 is 25.1 Å². The number of carbonyl (C=O) groups excluding carboxylic acids is 1. The minimum atomic E-state index is -3.01. The van der Waals surface area contributed by atoms with Crippen molar-refractivity contribution >= 4 is 6.03 Å². The van der Waals surface area contributed by atoms with Crippen LogP contribution in [0.5, 0.6) is 0 Å². The van der Waals surface area contributed by atoms with Crippen molar-refractivity contribution in [3.05, 3.63) is 35.6 Å². The van der Waals surface area contributed by atoms with Crippen molar-refractivity contribution in [3.8, 4) is 0 Å². The third kappa shape index (κ3) is 5.35.